The van der Waals surface area contributed by atoms with E-state index in [4.69, 9.17) is 9.15 Å². The number of rotatable bonds is 7. The highest BCUT2D eigenvalue weighted by molar-refractivity contribution is 6.04. The molecule has 0 aliphatic rings. The number of anilines is 2. The zero-order valence-electron chi connectivity index (χ0n) is 14.7. The molecular formula is C20H21N3O3. The van der Waals surface area contributed by atoms with Crippen LogP contribution in [0.3, 0.4) is 0 Å². The topological polar surface area (TPSA) is 76.4 Å². The molecule has 26 heavy (non-hydrogen) atoms. The first-order chi connectivity index (χ1) is 12.6. The molecule has 134 valence electrons. The second-order valence-corrected chi connectivity index (χ2v) is 6.01. The third kappa shape index (κ3) is 4.86. The molecule has 0 aliphatic carbocycles. The summed E-state index contributed by atoms with van der Waals surface area (Å²) in [5.74, 6) is 2.05. The normalized spacial score (nSPS) is 10.6. The van der Waals surface area contributed by atoms with Gasteiger partial charge in [-0.25, -0.2) is 4.98 Å². The molecule has 0 atom stereocenters. The van der Waals surface area contributed by atoms with Crippen LogP contribution in [0.2, 0.25) is 0 Å². The molecule has 0 fully saturated rings. The van der Waals surface area contributed by atoms with Gasteiger partial charge in [0.15, 0.2) is 0 Å². The second-order valence-electron chi connectivity index (χ2n) is 6.01. The van der Waals surface area contributed by atoms with Crippen LogP contribution in [0.5, 0.6) is 5.75 Å². The lowest BCUT2D eigenvalue weighted by atomic mass is 10.2. The number of hydrogen-bond donors (Lipinski definition) is 2. The molecule has 0 aliphatic heterocycles. The number of nitrogens with one attached hydrogen (secondary N) is 2. The van der Waals surface area contributed by atoms with E-state index in [1.807, 2.05) is 50.2 Å². The third-order valence-electron chi connectivity index (χ3n) is 3.53. The van der Waals surface area contributed by atoms with Gasteiger partial charge in [-0.3, -0.25) is 4.79 Å². The lowest BCUT2D eigenvalue weighted by molar-refractivity contribution is 0.102. The number of furan rings is 1. The predicted octanol–water partition coefficient (Wildman–Crippen LogP) is 4.33. The van der Waals surface area contributed by atoms with Gasteiger partial charge in [0.05, 0.1) is 24.5 Å². The minimum atomic E-state index is -0.215. The summed E-state index contributed by atoms with van der Waals surface area (Å²) in [5, 5.41) is 5.98. The van der Waals surface area contributed by atoms with Gasteiger partial charge >= 0.3 is 0 Å². The Labute approximate surface area is 152 Å². The first kappa shape index (κ1) is 17.5. The van der Waals surface area contributed by atoms with Crippen LogP contribution >= 0.6 is 0 Å². The quantitative estimate of drug-likeness (QED) is 0.663. The van der Waals surface area contributed by atoms with Gasteiger partial charge in [0.2, 0.25) is 0 Å². The number of ether oxygens (including phenoxy) is 1. The molecule has 0 radical (unpaired) electrons. The molecule has 0 saturated heterocycles. The van der Waals surface area contributed by atoms with E-state index in [2.05, 4.69) is 15.6 Å². The van der Waals surface area contributed by atoms with Crippen molar-refractivity contribution >= 4 is 17.4 Å². The molecule has 0 spiro atoms. The van der Waals surface area contributed by atoms with Crippen molar-refractivity contribution in [2.75, 3.05) is 10.6 Å². The Balaban J connectivity index is 1.55. The SMILES string of the molecule is CC(C)Oc1ccc(NC(=O)c2ccc(NCc3ccco3)nc2)cc1. The number of carbonyl (C=O) groups is 1. The van der Waals surface area contributed by atoms with E-state index < -0.39 is 0 Å². The number of carbonyl (C=O) groups excluding carboxylic acids is 1. The molecule has 6 heteroatoms. The van der Waals surface area contributed by atoms with Gasteiger partial charge in [-0.1, -0.05) is 0 Å². The van der Waals surface area contributed by atoms with E-state index in [0.29, 0.717) is 23.6 Å². The van der Waals surface area contributed by atoms with Gasteiger partial charge in [-0.05, 0) is 62.4 Å². The molecule has 0 saturated carbocycles. The zero-order valence-corrected chi connectivity index (χ0v) is 14.7. The maximum absolute atomic E-state index is 12.3. The van der Waals surface area contributed by atoms with Crippen molar-refractivity contribution in [1.82, 2.24) is 4.98 Å². The van der Waals surface area contributed by atoms with E-state index >= 15 is 0 Å². The van der Waals surface area contributed by atoms with Crippen molar-refractivity contribution in [3.8, 4) is 5.75 Å². The largest absolute Gasteiger partial charge is 0.491 e. The Hall–Kier alpha value is -3.28. The van der Waals surface area contributed by atoms with E-state index in [-0.39, 0.29) is 12.0 Å². The van der Waals surface area contributed by atoms with Gasteiger partial charge in [0, 0.05) is 11.9 Å². The van der Waals surface area contributed by atoms with Gasteiger partial charge < -0.3 is 19.8 Å². The average molecular weight is 351 g/mol. The van der Waals surface area contributed by atoms with Crippen molar-refractivity contribution < 1.29 is 13.9 Å². The third-order valence-corrected chi connectivity index (χ3v) is 3.53. The highest BCUT2D eigenvalue weighted by Gasteiger charge is 2.07. The number of pyridine rings is 1. The van der Waals surface area contributed by atoms with Gasteiger partial charge in [0.25, 0.3) is 5.91 Å². The minimum absolute atomic E-state index is 0.112. The summed E-state index contributed by atoms with van der Waals surface area (Å²) in [6.07, 6.45) is 3.27. The number of amides is 1. The van der Waals surface area contributed by atoms with Crippen molar-refractivity contribution in [3.05, 3.63) is 72.3 Å². The van der Waals surface area contributed by atoms with Crippen LogP contribution in [-0.2, 0) is 6.54 Å². The van der Waals surface area contributed by atoms with Gasteiger partial charge in [-0.15, -0.1) is 0 Å². The number of aromatic nitrogens is 1. The van der Waals surface area contributed by atoms with Crippen molar-refractivity contribution in [1.29, 1.82) is 0 Å². The van der Waals surface area contributed by atoms with Crippen LogP contribution in [0.25, 0.3) is 0 Å². The van der Waals surface area contributed by atoms with Crippen LogP contribution in [-0.4, -0.2) is 17.0 Å². The smallest absolute Gasteiger partial charge is 0.257 e. The minimum Gasteiger partial charge on any atom is -0.491 e. The van der Waals surface area contributed by atoms with Gasteiger partial charge in [0.1, 0.15) is 17.3 Å². The molecule has 3 rings (SSSR count). The van der Waals surface area contributed by atoms with Crippen molar-refractivity contribution in [2.45, 2.75) is 26.5 Å². The van der Waals surface area contributed by atoms with Crippen LogP contribution in [0.15, 0.2) is 65.4 Å². The Morgan fingerprint density at radius 1 is 1.15 bits per heavy atom. The molecule has 2 N–H and O–H groups in total. The Morgan fingerprint density at radius 2 is 1.96 bits per heavy atom. The maximum atomic E-state index is 12.3. The van der Waals surface area contributed by atoms with Crippen molar-refractivity contribution in [2.24, 2.45) is 0 Å². The monoisotopic (exact) mass is 351 g/mol. The number of hydrogen-bond acceptors (Lipinski definition) is 5. The fraction of sp³-hybridized carbons (Fsp3) is 0.200. The summed E-state index contributed by atoms with van der Waals surface area (Å²) in [4.78, 5) is 16.6. The Morgan fingerprint density at radius 3 is 2.58 bits per heavy atom. The first-order valence-electron chi connectivity index (χ1n) is 8.40. The summed E-state index contributed by atoms with van der Waals surface area (Å²) in [5.41, 5.74) is 1.18. The molecule has 3 aromatic rings. The Bertz CT molecular complexity index is 826. The van der Waals surface area contributed by atoms with Crippen molar-refractivity contribution in [3.63, 3.8) is 0 Å². The average Bonchev–Trinajstić information content (AvgIpc) is 3.15. The highest BCUT2D eigenvalue weighted by Crippen LogP contribution is 2.18. The van der Waals surface area contributed by atoms with E-state index in [1.165, 1.54) is 6.20 Å². The second kappa shape index (κ2) is 8.20. The summed E-state index contributed by atoms with van der Waals surface area (Å²) in [7, 11) is 0. The van der Waals surface area contributed by atoms with Crippen LogP contribution < -0.4 is 15.4 Å². The lowest BCUT2D eigenvalue weighted by Crippen LogP contribution is -2.12. The molecule has 6 nitrogen and oxygen atoms in total. The van der Waals surface area contributed by atoms with E-state index in [9.17, 15) is 4.79 Å². The molecule has 0 bridgehead atoms. The first-order valence-corrected chi connectivity index (χ1v) is 8.40. The number of nitrogens with zero attached hydrogens (tertiary/aromatic N) is 1. The molecular weight excluding hydrogens is 330 g/mol. The predicted molar refractivity (Wildman–Crippen MR) is 100 cm³/mol. The maximum Gasteiger partial charge on any atom is 0.257 e. The fourth-order valence-electron chi connectivity index (χ4n) is 2.32. The molecule has 1 amide bonds. The zero-order chi connectivity index (χ0) is 18.4. The fourth-order valence-corrected chi connectivity index (χ4v) is 2.32. The van der Waals surface area contributed by atoms with Crippen LogP contribution in [0, 0.1) is 0 Å². The van der Waals surface area contributed by atoms with E-state index in [0.717, 1.165) is 11.5 Å². The summed E-state index contributed by atoms with van der Waals surface area (Å²) in [6.45, 7) is 4.47. The molecule has 0 unspecified atom stereocenters. The van der Waals surface area contributed by atoms with E-state index in [1.54, 1.807) is 18.4 Å². The summed E-state index contributed by atoms with van der Waals surface area (Å²) >= 11 is 0. The van der Waals surface area contributed by atoms with Crippen LogP contribution in [0.4, 0.5) is 11.5 Å². The highest BCUT2D eigenvalue weighted by atomic mass is 16.5. The Kier molecular flexibility index (Phi) is 5.53. The standard InChI is InChI=1S/C20H21N3O3/c1-14(2)26-17-8-6-16(7-9-17)23-20(24)15-5-10-19(21-12-15)22-13-18-4-3-11-25-18/h3-12,14H,13H2,1-2H3,(H,21,22)(H,23,24). The van der Waals surface area contributed by atoms with Gasteiger partial charge in [-0.2, -0.15) is 0 Å². The number of benzene rings is 1. The summed E-state index contributed by atoms with van der Waals surface area (Å²) < 4.78 is 10.8. The van der Waals surface area contributed by atoms with Crippen LogP contribution in [0.1, 0.15) is 30.0 Å². The lowest BCUT2D eigenvalue weighted by Gasteiger charge is -2.11. The molecule has 2 aromatic heterocycles. The summed E-state index contributed by atoms with van der Waals surface area (Å²) in [6, 6.07) is 14.5. The molecule has 1 aromatic carbocycles. The molecule has 2 heterocycles.